The molecule has 6 nitrogen and oxygen atoms in total. The van der Waals surface area contributed by atoms with Gasteiger partial charge in [0, 0.05) is 12.6 Å². The Morgan fingerprint density at radius 2 is 2.00 bits per heavy atom. The summed E-state index contributed by atoms with van der Waals surface area (Å²) in [5.74, 6) is 0.189. The van der Waals surface area contributed by atoms with E-state index in [-0.39, 0.29) is 23.5 Å². The van der Waals surface area contributed by atoms with Crippen LogP contribution in [0, 0.1) is 5.92 Å². The third-order valence-corrected chi connectivity index (χ3v) is 2.16. The number of aromatic nitrogens is 2. The van der Waals surface area contributed by atoms with Gasteiger partial charge in [0.25, 0.3) is 5.91 Å². The lowest BCUT2D eigenvalue weighted by molar-refractivity contribution is 0.0671. The van der Waals surface area contributed by atoms with Crippen LogP contribution in [-0.4, -0.2) is 33.7 Å². The fourth-order valence-electron chi connectivity index (χ4n) is 1.40. The Labute approximate surface area is 94.7 Å². The van der Waals surface area contributed by atoms with E-state index >= 15 is 0 Å². The average molecular weight is 226 g/mol. The van der Waals surface area contributed by atoms with E-state index < -0.39 is 0 Å². The Hall–Kier alpha value is -1.59. The highest BCUT2D eigenvalue weighted by Gasteiger charge is 2.25. The number of anilines is 1. The fourth-order valence-corrected chi connectivity index (χ4v) is 1.40. The maximum Gasteiger partial charge on any atom is 0.280 e. The summed E-state index contributed by atoms with van der Waals surface area (Å²) < 4.78 is 4.43. The third-order valence-electron chi connectivity index (χ3n) is 2.16. The monoisotopic (exact) mass is 226 g/mol. The molecular formula is C10H18N4O2. The van der Waals surface area contributed by atoms with Crippen LogP contribution >= 0.6 is 0 Å². The molecule has 0 saturated heterocycles. The summed E-state index contributed by atoms with van der Waals surface area (Å²) in [6.07, 6.45) is 0. The number of rotatable bonds is 4. The standard InChI is InChI=1S/C10H18N4O2/c1-6(2)5-14(7(3)4)10(15)8-9(11)13-16-12-8/h6-7H,5H2,1-4H3,(H2,11,13). The summed E-state index contributed by atoms with van der Waals surface area (Å²) in [5, 5.41) is 6.93. The van der Waals surface area contributed by atoms with Gasteiger partial charge in [-0.05, 0) is 30.1 Å². The van der Waals surface area contributed by atoms with Crippen molar-refractivity contribution in [1.29, 1.82) is 0 Å². The first-order valence-corrected chi connectivity index (χ1v) is 5.32. The zero-order chi connectivity index (χ0) is 12.3. The highest BCUT2D eigenvalue weighted by molar-refractivity contribution is 5.96. The van der Waals surface area contributed by atoms with E-state index in [0.717, 1.165) is 0 Å². The Morgan fingerprint density at radius 3 is 2.38 bits per heavy atom. The molecule has 1 aromatic rings. The quantitative estimate of drug-likeness (QED) is 0.832. The van der Waals surface area contributed by atoms with Crippen LogP contribution in [0.15, 0.2) is 4.63 Å². The zero-order valence-electron chi connectivity index (χ0n) is 10.1. The molecule has 0 aromatic carbocycles. The summed E-state index contributed by atoms with van der Waals surface area (Å²) in [4.78, 5) is 13.8. The molecule has 1 heterocycles. The number of nitrogens with zero attached hydrogens (tertiary/aromatic N) is 3. The number of hydrogen-bond acceptors (Lipinski definition) is 5. The Kier molecular flexibility index (Phi) is 3.87. The summed E-state index contributed by atoms with van der Waals surface area (Å²) >= 11 is 0. The lowest BCUT2D eigenvalue weighted by atomic mass is 10.1. The zero-order valence-corrected chi connectivity index (χ0v) is 10.1. The predicted octanol–water partition coefficient (Wildman–Crippen LogP) is 1.16. The number of nitrogens with two attached hydrogens (primary N) is 1. The molecule has 1 rings (SSSR count). The molecular weight excluding hydrogens is 208 g/mol. The first kappa shape index (κ1) is 12.5. The predicted molar refractivity (Wildman–Crippen MR) is 59.7 cm³/mol. The molecule has 0 aliphatic heterocycles. The normalized spacial score (nSPS) is 11.1. The van der Waals surface area contributed by atoms with Gasteiger partial charge in [0.1, 0.15) is 0 Å². The van der Waals surface area contributed by atoms with Gasteiger partial charge in [-0.15, -0.1) is 0 Å². The number of nitrogen functional groups attached to an aromatic ring is 1. The van der Waals surface area contributed by atoms with E-state index in [1.165, 1.54) is 0 Å². The highest BCUT2D eigenvalue weighted by atomic mass is 16.6. The summed E-state index contributed by atoms with van der Waals surface area (Å²) in [6.45, 7) is 8.65. The molecule has 0 unspecified atom stereocenters. The van der Waals surface area contributed by atoms with Crippen LogP contribution in [0.25, 0.3) is 0 Å². The third kappa shape index (κ3) is 2.71. The van der Waals surface area contributed by atoms with Crippen molar-refractivity contribution in [2.45, 2.75) is 33.7 Å². The van der Waals surface area contributed by atoms with Crippen molar-refractivity contribution >= 4 is 11.7 Å². The van der Waals surface area contributed by atoms with Crippen LogP contribution in [0.5, 0.6) is 0 Å². The van der Waals surface area contributed by atoms with Crippen LogP contribution < -0.4 is 5.73 Å². The second-order valence-corrected chi connectivity index (χ2v) is 4.44. The van der Waals surface area contributed by atoms with Gasteiger partial charge < -0.3 is 10.6 Å². The van der Waals surface area contributed by atoms with Crippen molar-refractivity contribution < 1.29 is 9.42 Å². The van der Waals surface area contributed by atoms with Gasteiger partial charge >= 0.3 is 0 Å². The first-order valence-electron chi connectivity index (χ1n) is 5.32. The molecule has 0 saturated carbocycles. The maximum atomic E-state index is 12.1. The van der Waals surface area contributed by atoms with Gasteiger partial charge in [-0.3, -0.25) is 4.79 Å². The highest BCUT2D eigenvalue weighted by Crippen LogP contribution is 2.13. The van der Waals surface area contributed by atoms with E-state index in [1.807, 2.05) is 27.7 Å². The van der Waals surface area contributed by atoms with Crippen LogP contribution in [-0.2, 0) is 0 Å². The van der Waals surface area contributed by atoms with E-state index in [1.54, 1.807) is 4.90 Å². The number of carbonyl (C=O) groups is 1. The van der Waals surface area contributed by atoms with Crippen LogP contribution in [0.1, 0.15) is 38.2 Å². The molecule has 0 fully saturated rings. The second-order valence-electron chi connectivity index (χ2n) is 4.44. The van der Waals surface area contributed by atoms with E-state index in [2.05, 4.69) is 14.9 Å². The summed E-state index contributed by atoms with van der Waals surface area (Å²) in [5.41, 5.74) is 5.59. The molecule has 0 spiro atoms. The average Bonchev–Trinajstić information content (AvgIpc) is 2.59. The van der Waals surface area contributed by atoms with Gasteiger partial charge in [-0.25, -0.2) is 4.63 Å². The topological polar surface area (TPSA) is 85.2 Å². The maximum absolute atomic E-state index is 12.1. The molecule has 90 valence electrons. The smallest absolute Gasteiger partial charge is 0.280 e. The minimum absolute atomic E-state index is 0.0411. The van der Waals surface area contributed by atoms with Crippen molar-refractivity contribution in [2.75, 3.05) is 12.3 Å². The Balaban J connectivity index is 2.88. The Morgan fingerprint density at radius 1 is 1.38 bits per heavy atom. The molecule has 1 aromatic heterocycles. The second kappa shape index (κ2) is 4.96. The lowest BCUT2D eigenvalue weighted by Gasteiger charge is -2.27. The molecule has 6 heteroatoms. The van der Waals surface area contributed by atoms with Crippen LogP contribution in [0.3, 0.4) is 0 Å². The van der Waals surface area contributed by atoms with Crippen LogP contribution in [0.4, 0.5) is 5.82 Å². The van der Waals surface area contributed by atoms with Gasteiger partial charge in [0.15, 0.2) is 0 Å². The van der Waals surface area contributed by atoms with Crippen LogP contribution in [0.2, 0.25) is 0 Å². The van der Waals surface area contributed by atoms with Gasteiger partial charge in [0.05, 0.1) is 0 Å². The Bertz CT molecular complexity index is 359. The molecule has 0 bridgehead atoms. The largest absolute Gasteiger partial charge is 0.379 e. The van der Waals surface area contributed by atoms with Gasteiger partial charge in [-0.1, -0.05) is 13.8 Å². The van der Waals surface area contributed by atoms with Crippen molar-refractivity contribution in [3.8, 4) is 0 Å². The van der Waals surface area contributed by atoms with Crippen molar-refractivity contribution in [3.63, 3.8) is 0 Å². The minimum Gasteiger partial charge on any atom is -0.379 e. The van der Waals surface area contributed by atoms with Crippen molar-refractivity contribution in [3.05, 3.63) is 5.69 Å². The number of hydrogen-bond donors (Lipinski definition) is 1. The first-order chi connectivity index (χ1) is 7.43. The summed E-state index contributed by atoms with van der Waals surface area (Å²) in [6, 6.07) is 0.0889. The molecule has 0 aliphatic rings. The molecule has 0 aliphatic carbocycles. The summed E-state index contributed by atoms with van der Waals surface area (Å²) in [7, 11) is 0. The number of carbonyl (C=O) groups excluding carboxylic acids is 1. The molecule has 1 amide bonds. The SMILES string of the molecule is CC(C)CN(C(=O)c1nonc1N)C(C)C. The van der Waals surface area contributed by atoms with Gasteiger partial charge in [0.2, 0.25) is 11.5 Å². The fraction of sp³-hybridized carbons (Fsp3) is 0.700. The van der Waals surface area contributed by atoms with E-state index in [0.29, 0.717) is 12.5 Å². The minimum atomic E-state index is -0.234. The lowest BCUT2D eigenvalue weighted by Crippen LogP contribution is -2.40. The van der Waals surface area contributed by atoms with Crippen molar-refractivity contribution in [1.82, 2.24) is 15.2 Å². The molecule has 2 N–H and O–H groups in total. The van der Waals surface area contributed by atoms with E-state index in [9.17, 15) is 4.79 Å². The van der Waals surface area contributed by atoms with E-state index in [4.69, 9.17) is 5.73 Å². The molecule has 16 heavy (non-hydrogen) atoms. The number of amides is 1. The van der Waals surface area contributed by atoms with Crippen molar-refractivity contribution in [2.24, 2.45) is 5.92 Å². The molecule has 0 atom stereocenters. The molecule has 0 radical (unpaired) electrons. The van der Waals surface area contributed by atoms with Gasteiger partial charge in [-0.2, -0.15) is 0 Å².